The van der Waals surface area contributed by atoms with Gasteiger partial charge in [-0.3, -0.25) is 0 Å². The van der Waals surface area contributed by atoms with Crippen LogP contribution in [0.2, 0.25) is 0 Å². The molecule has 12 heteroatoms. The van der Waals surface area contributed by atoms with Crippen molar-refractivity contribution in [2.45, 2.75) is 83.9 Å². The zero-order valence-electron chi connectivity index (χ0n) is 26.5. The molecule has 1 aliphatic carbocycles. The van der Waals surface area contributed by atoms with Crippen molar-refractivity contribution in [1.82, 2.24) is 19.7 Å². The zero-order chi connectivity index (χ0) is 33.2. The van der Waals surface area contributed by atoms with Crippen molar-refractivity contribution in [3.63, 3.8) is 0 Å². The largest absolute Gasteiger partial charge is 0.489 e. The average Bonchev–Trinajstić information content (AvgIpc) is 3.47. The van der Waals surface area contributed by atoms with Crippen LogP contribution in [0.3, 0.4) is 0 Å². The molecule has 1 fully saturated rings. The van der Waals surface area contributed by atoms with E-state index in [-0.39, 0.29) is 11.9 Å². The van der Waals surface area contributed by atoms with E-state index < -0.39 is 29.0 Å². The summed E-state index contributed by atoms with van der Waals surface area (Å²) >= 11 is 0. The first-order chi connectivity index (χ1) is 21.7. The molecule has 0 atom stereocenters. The molecular formula is C34H39F3N4O5. The molecule has 246 valence electrons. The van der Waals surface area contributed by atoms with Gasteiger partial charge in [0, 0.05) is 13.1 Å². The van der Waals surface area contributed by atoms with Crippen molar-refractivity contribution in [3.05, 3.63) is 76.2 Å². The molecule has 0 radical (unpaired) electrons. The van der Waals surface area contributed by atoms with Gasteiger partial charge >= 0.3 is 18.2 Å². The standard InChI is InChI=1S/C34H39F3N4O5/c1-21-18-23(22-14-16-40(17-15-22)32(44)46-33(2,3)4)12-13-28(21)45-20-24-8-5-6-9-25(24)27-10-7-11-29(39-27)41-30(34(35,36)37)26(19-38-41)31(42)43/h7,10-13,18-19,22H,5-6,8-9,14-17,20H2,1-4H3,(H,42,43). The van der Waals surface area contributed by atoms with E-state index in [1.807, 2.05) is 33.8 Å². The lowest BCUT2D eigenvalue weighted by Crippen LogP contribution is -2.41. The molecule has 1 saturated heterocycles. The number of hydrogen-bond donors (Lipinski definition) is 1. The Balaban J connectivity index is 1.30. The van der Waals surface area contributed by atoms with E-state index >= 15 is 0 Å². The number of aromatic nitrogens is 3. The van der Waals surface area contributed by atoms with E-state index in [9.17, 15) is 27.9 Å². The summed E-state index contributed by atoms with van der Waals surface area (Å²) in [7, 11) is 0. The van der Waals surface area contributed by atoms with Crippen molar-refractivity contribution < 1.29 is 37.3 Å². The smallest absolute Gasteiger partial charge is 0.434 e. The van der Waals surface area contributed by atoms with Crippen LogP contribution in [0.5, 0.6) is 5.75 Å². The minimum atomic E-state index is -4.93. The molecule has 1 aliphatic heterocycles. The van der Waals surface area contributed by atoms with Gasteiger partial charge in [-0.15, -0.1) is 0 Å². The molecule has 46 heavy (non-hydrogen) atoms. The lowest BCUT2D eigenvalue weighted by Gasteiger charge is -2.33. The van der Waals surface area contributed by atoms with Gasteiger partial charge in [-0.1, -0.05) is 18.2 Å². The van der Waals surface area contributed by atoms with E-state index in [0.717, 1.165) is 54.6 Å². The lowest BCUT2D eigenvalue weighted by molar-refractivity contribution is -0.143. The van der Waals surface area contributed by atoms with Crippen LogP contribution < -0.4 is 4.74 Å². The number of aryl methyl sites for hydroxylation is 1. The van der Waals surface area contributed by atoms with E-state index in [1.54, 1.807) is 17.0 Å². The Morgan fingerprint density at radius 1 is 1.04 bits per heavy atom. The van der Waals surface area contributed by atoms with Gasteiger partial charge in [-0.2, -0.15) is 18.3 Å². The fourth-order valence-corrected chi connectivity index (χ4v) is 6.07. The molecule has 0 spiro atoms. The van der Waals surface area contributed by atoms with Crippen LogP contribution in [0.4, 0.5) is 18.0 Å². The van der Waals surface area contributed by atoms with Crippen LogP contribution in [-0.4, -0.2) is 62.1 Å². The highest BCUT2D eigenvalue weighted by Crippen LogP contribution is 2.36. The summed E-state index contributed by atoms with van der Waals surface area (Å²) in [4.78, 5) is 30.1. The maximum Gasteiger partial charge on any atom is 0.434 e. The Labute approximate surface area is 266 Å². The van der Waals surface area contributed by atoms with E-state index in [2.05, 4.69) is 22.2 Å². The summed E-state index contributed by atoms with van der Waals surface area (Å²) < 4.78 is 53.8. The predicted molar refractivity (Wildman–Crippen MR) is 165 cm³/mol. The van der Waals surface area contributed by atoms with Gasteiger partial charge in [0.05, 0.1) is 11.9 Å². The highest BCUT2D eigenvalue weighted by molar-refractivity contribution is 5.89. The molecule has 3 aromatic rings. The van der Waals surface area contributed by atoms with Gasteiger partial charge in [0.2, 0.25) is 0 Å². The van der Waals surface area contributed by atoms with Crippen LogP contribution in [-0.2, 0) is 10.9 Å². The molecule has 3 heterocycles. The van der Waals surface area contributed by atoms with Crippen molar-refractivity contribution in [2.75, 3.05) is 19.7 Å². The molecule has 0 saturated carbocycles. The summed E-state index contributed by atoms with van der Waals surface area (Å²) in [5.41, 5.74) is 1.82. The fourth-order valence-electron chi connectivity index (χ4n) is 6.07. The van der Waals surface area contributed by atoms with Crippen LogP contribution in [0.15, 0.2) is 48.2 Å². The molecule has 1 amide bonds. The SMILES string of the molecule is Cc1cc(C2CCN(C(=O)OC(C)(C)C)CC2)ccc1OCC1=C(c2cccc(-n3ncc(C(=O)O)c3C(F)(F)F)n2)CCCC1. The number of carboxylic acid groups (broad SMARTS) is 1. The molecule has 5 rings (SSSR count). The third-order valence-electron chi connectivity index (χ3n) is 8.33. The van der Waals surface area contributed by atoms with Gasteiger partial charge in [-0.25, -0.2) is 19.3 Å². The molecular weight excluding hydrogens is 601 g/mol. The van der Waals surface area contributed by atoms with Crippen molar-refractivity contribution in [1.29, 1.82) is 0 Å². The number of benzene rings is 1. The minimum absolute atomic E-state index is 0.112. The second-order valence-electron chi connectivity index (χ2n) is 12.8. The van der Waals surface area contributed by atoms with E-state index in [0.29, 0.717) is 48.6 Å². The van der Waals surface area contributed by atoms with Gasteiger partial charge < -0.3 is 19.5 Å². The van der Waals surface area contributed by atoms with E-state index in [1.165, 1.54) is 11.6 Å². The number of alkyl halides is 3. The third-order valence-corrected chi connectivity index (χ3v) is 8.33. The van der Waals surface area contributed by atoms with Crippen molar-refractivity contribution in [2.24, 2.45) is 0 Å². The maximum atomic E-state index is 13.8. The molecule has 2 aliphatic rings. The molecule has 0 unspecified atom stereocenters. The van der Waals surface area contributed by atoms with Gasteiger partial charge in [0.1, 0.15) is 23.5 Å². The van der Waals surface area contributed by atoms with Crippen molar-refractivity contribution >= 4 is 17.6 Å². The number of halogens is 3. The number of carboxylic acids is 1. The summed E-state index contributed by atoms with van der Waals surface area (Å²) in [5.74, 6) is -0.742. The second kappa shape index (κ2) is 13.2. The molecule has 9 nitrogen and oxygen atoms in total. The first-order valence-electron chi connectivity index (χ1n) is 15.5. The highest BCUT2D eigenvalue weighted by Gasteiger charge is 2.41. The van der Waals surface area contributed by atoms with Gasteiger partial charge in [0.25, 0.3) is 0 Å². The van der Waals surface area contributed by atoms with Gasteiger partial charge in [0.15, 0.2) is 11.5 Å². The number of rotatable bonds is 7. The Morgan fingerprint density at radius 2 is 1.76 bits per heavy atom. The summed E-state index contributed by atoms with van der Waals surface area (Å²) in [6.07, 6.45) is 0.515. The lowest BCUT2D eigenvalue weighted by atomic mass is 9.88. The number of pyridine rings is 1. The van der Waals surface area contributed by atoms with Crippen molar-refractivity contribution in [3.8, 4) is 11.6 Å². The number of piperidine rings is 1. The van der Waals surface area contributed by atoms with Crippen LogP contribution >= 0.6 is 0 Å². The zero-order valence-corrected chi connectivity index (χ0v) is 26.5. The first kappa shape index (κ1) is 33.0. The quantitative estimate of drug-likeness (QED) is 0.281. The Kier molecular flexibility index (Phi) is 9.46. The Hall–Kier alpha value is -4.35. The summed E-state index contributed by atoms with van der Waals surface area (Å²) in [6, 6.07) is 10.9. The molecule has 1 aromatic carbocycles. The predicted octanol–water partition coefficient (Wildman–Crippen LogP) is 7.81. The normalized spacial score (nSPS) is 16.5. The number of ether oxygens (including phenoxy) is 2. The highest BCUT2D eigenvalue weighted by atomic mass is 19.4. The van der Waals surface area contributed by atoms with Gasteiger partial charge in [-0.05, 0) is 113 Å². The van der Waals surface area contributed by atoms with Crippen LogP contribution in [0.25, 0.3) is 11.4 Å². The number of allylic oxidation sites excluding steroid dienone is 1. The number of hydrogen-bond acceptors (Lipinski definition) is 6. The summed E-state index contributed by atoms with van der Waals surface area (Å²) in [5, 5.41) is 13.0. The molecule has 0 bridgehead atoms. The van der Waals surface area contributed by atoms with Crippen LogP contribution in [0.1, 0.15) is 98.1 Å². The summed E-state index contributed by atoms with van der Waals surface area (Å²) in [6.45, 7) is 9.19. The van der Waals surface area contributed by atoms with Crippen LogP contribution in [0, 0.1) is 6.92 Å². The maximum absolute atomic E-state index is 13.8. The average molecular weight is 641 g/mol. The third kappa shape index (κ3) is 7.54. The number of amides is 1. The first-order valence-corrected chi connectivity index (χ1v) is 15.5. The fraction of sp³-hybridized carbons (Fsp3) is 0.471. The molecule has 2 aromatic heterocycles. The topological polar surface area (TPSA) is 107 Å². The monoisotopic (exact) mass is 640 g/mol. The number of carbonyl (C=O) groups is 2. The van der Waals surface area contributed by atoms with E-state index in [4.69, 9.17) is 9.47 Å². The minimum Gasteiger partial charge on any atom is -0.489 e. The number of aromatic carboxylic acids is 1. The second-order valence-corrected chi connectivity index (χ2v) is 12.8. The Morgan fingerprint density at radius 3 is 2.41 bits per heavy atom. The number of nitrogens with zero attached hydrogens (tertiary/aromatic N) is 4. The number of likely N-dealkylation sites (tertiary alicyclic amines) is 1. The molecule has 1 N–H and O–H groups in total. The Bertz CT molecular complexity index is 1630. The number of carbonyl (C=O) groups excluding carboxylic acids is 1.